The number of nitrogens with zero attached hydrogens (tertiary/aromatic N) is 2. The lowest BCUT2D eigenvalue weighted by molar-refractivity contribution is 1.15. The van der Waals surface area contributed by atoms with E-state index in [4.69, 9.17) is 11.6 Å². The van der Waals surface area contributed by atoms with Gasteiger partial charge in [0.2, 0.25) is 5.28 Å². The van der Waals surface area contributed by atoms with Crippen LogP contribution in [0, 0.1) is 0 Å². The van der Waals surface area contributed by atoms with Crippen LogP contribution in [0.1, 0.15) is 11.1 Å². The van der Waals surface area contributed by atoms with Gasteiger partial charge in [0.1, 0.15) is 5.82 Å². The number of benzene rings is 2. The zero-order chi connectivity index (χ0) is 14.5. The van der Waals surface area contributed by atoms with Crippen LogP contribution in [0.25, 0.3) is 0 Å². The fourth-order valence-electron chi connectivity index (χ4n) is 2.15. The third-order valence-electron chi connectivity index (χ3n) is 3.14. The van der Waals surface area contributed by atoms with E-state index in [1.165, 1.54) is 11.1 Å². The molecule has 21 heavy (non-hydrogen) atoms. The molecule has 0 radical (unpaired) electrons. The second kappa shape index (κ2) is 6.37. The standard InChI is InChI=1S/C17H14ClN3/c18-17-19-11-10-16(21-17)20-15-9-5-4-8-14(15)12-13-6-2-1-3-7-13/h1-11H,12H2,(H,19,20,21). The van der Waals surface area contributed by atoms with Crippen LogP contribution < -0.4 is 5.32 Å². The third-order valence-corrected chi connectivity index (χ3v) is 3.33. The molecule has 3 nitrogen and oxygen atoms in total. The van der Waals surface area contributed by atoms with Gasteiger partial charge in [-0.15, -0.1) is 0 Å². The van der Waals surface area contributed by atoms with E-state index in [-0.39, 0.29) is 5.28 Å². The first-order chi connectivity index (χ1) is 10.3. The molecule has 0 spiro atoms. The minimum absolute atomic E-state index is 0.237. The predicted molar refractivity (Wildman–Crippen MR) is 86.0 cm³/mol. The van der Waals surface area contributed by atoms with Crippen molar-refractivity contribution in [2.45, 2.75) is 6.42 Å². The van der Waals surface area contributed by atoms with Crippen molar-refractivity contribution in [3.05, 3.63) is 83.3 Å². The first-order valence-corrected chi connectivity index (χ1v) is 7.06. The fourth-order valence-corrected chi connectivity index (χ4v) is 2.30. The second-order valence-electron chi connectivity index (χ2n) is 4.66. The average Bonchev–Trinajstić information content (AvgIpc) is 2.50. The predicted octanol–water partition coefficient (Wildman–Crippen LogP) is 4.46. The van der Waals surface area contributed by atoms with Gasteiger partial charge < -0.3 is 5.32 Å². The molecule has 0 bridgehead atoms. The maximum atomic E-state index is 5.82. The highest BCUT2D eigenvalue weighted by atomic mass is 35.5. The molecule has 0 atom stereocenters. The molecule has 0 aliphatic carbocycles. The van der Waals surface area contributed by atoms with Crippen molar-refractivity contribution in [1.82, 2.24) is 9.97 Å². The number of hydrogen-bond donors (Lipinski definition) is 1. The van der Waals surface area contributed by atoms with Crippen molar-refractivity contribution in [3.63, 3.8) is 0 Å². The highest BCUT2D eigenvalue weighted by molar-refractivity contribution is 6.28. The van der Waals surface area contributed by atoms with Gasteiger partial charge in [-0.1, -0.05) is 48.5 Å². The molecule has 0 amide bonds. The Morgan fingerprint density at radius 3 is 2.48 bits per heavy atom. The third kappa shape index (κ3) is 3.58. The van der Waals surface area contributed by atoms with Gasteiger partial charge in [0.25, 0.3) is 0 Å². The Labute approximate surface area is 128 Å². The maximum Gasteiger partial charge on any atom is 0.224 e. The van der Waals surface area contributed by atoms with E-state index in [1.54, 1.807) is 12.3 Å². The monoisotopic (exact) mass is 295 g/mol. The van der Waals surface area contributed by atoms with E-state index in [0.29, 0.717) is 5.82 Å². The Morgan fingerprint density at radius 1 is 0.905 bits per heavy atom. The van der Waals surface area contributed by atoms with Gasteiger partial charge >= 0.3 is 0 Å². The van der Waals surface area contributed by atoms with Crippen LogP contribution in [-0.4, -0.2) is 9.97 Å². The summed E-state index contributed by atoms with van der Waals surface area (Å²) in [4.78, 5) is 8.05. The molecular weight excluding hydrogens is 282 g/mol. The van der Waals surface area contributed by atoms with Crippen LogP contribution in [0.5, 0.6) is 0 Å². The van der Waals surface area contributed by atoms with Crippen molar-refractivity contribution in [2.24, 2.45) is 0 Å². The van der Waals surface area contributed by atoms with E-state index in [9.17, 15) is 0 Å². The summed E-state index contributed by atoms with van der Waals surface area (Å²) in [6.45, 7) is 0. The Morgan fingerprint density at radius 2 is 1.67 bits per heavy atom. The van der Waals surface area contributed by atoms with Crippen molar-refractivity contribution >= 4 is 23.1 Å². The minimum atomic E-state index is 0.237. The number of aromatic nitrogens is 2. The molecule has 0 unspecified atom stereocenters. The van der Waals surface area contributed by atoms with Crippen molar-refractivity contribution in [2.75, 3.05) is 5.32 Å². The summed E-state index contributed by atoms with van der Waals surface area (Å²) in [7, 11) is 0. The average molecular weight is 296 g/mol. The molecule has 2 aromatic carbocycles. The van der Waals surface area contributed by atoms with Gasteiger partial charge in [-0.3, -0.25) is 0 Å². The first kappa shape index (κ1) is 13.6. The van der Waals surface area contributed by atoms with Crippen LogP contribution in [0.2, 0.25) is 5.28 Å². The van der Waals surface area contributed by atoms with Crippen molar-refractivity contribution in [1.29, 1.82) is 0 Å². The summed E-state index contributed by atoms with van der Waals surface area (Å²) >= 11 is 5.82. The molecule has 3 rings (SSSR count). The van der Waals surface area contributed by atoms with Gasteiger partial charge in [0.15, 0.2) is 0 Å². The smallest absolute Gasteiger partial charge is 0.224 e. The molecule has 3 aromatic rings. The summed E-state index contributed by atoms with van der Waals surface area (Å²) in [5, 5.41) is 3.53. The zero-order valence-corrected chi connectivity index (χ0v) is 12.1. The van der Waals surface area contributed by atoms with E-state index >= 15 is 0 Å². The lowest BCUT2D eigenvalue weighted by Crippen LogP contribution is -1.99. The van der Waals surface area contributed by atoms with E-state index in [0.717, 1.165) is 12.1 Å². The lowest BCUT2D eigenvalue weighted by atomic mass is 10.0. The summed E-state index contributed by atoms with van der Waals surface area (Å²) in [6, 6.07) is 20.4. The quantitative estimate of drug-likeness (QED) is 0.722. The highest BCUT2D eigenvalue weighted by Crippen LogP contribution is 2.22. The molecule has 1 aromatic heterocycles. The van der Waals surface area contributed by atoms with Gasteiger partial charge in [0, 0.05) is 11.9 Å². The summed E-state index contributed by atoms with van der Waals surface area (Å²) in [5.74, 6) is 0.690. The molecule has 0 fully saturated rings. The lowest BCUT2D eigenvalue weighted by Gasteiger charge is -2.11. The normalized spacial score (nSPS) is 10.3. The Balaban J connectivity index is 1.86. The summed E-state index contributed by atoms with van der Waals surface area (Å²) < 4.78 is 0. The topological polar surface area (TPSA) is 37.8 Å². The number of anilines is 2. The number of hydrogen-bond acceptors (Lipinski definition) is 3. The van der Waals surface area contributed by atoms with E-state index in [2.05, 4.69) is 45.6 Å². The fraction of sp³-hybridized carbons (Fsp3) is 0.0588. The number of halogens is 1. The van der Waals surface area contributed by atoms with Crippen LogP contribution in [0.4, 0.5) is 11.5 Å². The van der Waals surface area contributed by atoms with Crippen molar-refractivity contribution in [3.8, 4) is 0 Å². The second-order valence-corrected chi connectivity index (χ2v) is 4.99. The highest BCUT2D eigenvalue weighted by Gasteiger charge is 2.04. The molecule has 1 N–H and O–H groups in total. The van der Waals surface area contributed by atoms with Crippen LogP contribution >= 0.6 is 11.6 Å². The Hall–Kier alpha value is -2.39. The molecule has 1 heterocycles. The Bertz CT molecular complexity index is 729. The Kier molecular flexibility index (Phi) is 4.12. The molecule has 0 saturated heterocycles. The van der Waals surface area contributed by atoms with E-state index < -0.39 is 0 Å². The zero-order valence-electron chi connectivity index (χ0n) is 11.3. The number of para-hydroxylation sites is 1. The maximum absolute atomic E-state index is 5.82. The van der Waals surface area contributed by atoms with Crippen molar-refractivity contribution < 1.29 is 0 Å². The summed E-state index contributed by atoms with van der Waals surface area (Å²) in [5.41, 5.74) is 3.50. The van der Waals surface area contributed by atoms with Gasteiger partial charge in [0.05, 0.1) is 0 Å². The van der Waals surface area contributed by atoms with Gasteiger partial charge in [-0.25, -0.2) is 9.97 Å². The number of nitrogens with one attached hydrogen (secondary N) is 1. The molecule has 104 valence electrons. The van der Waals surface area contributed by atoms with Crippen LogP contribution in [-0.2, 0) is 6.42 Å². The molecule has 0 aliphatic rings. The first-order valence-electron chi connectivity index (χ1n) is 6.69. The summed E-state index contributed by atoms with van der Waals surface area (Å²) in [6.07, 6.45) is 2.50. The van der Waals surface area contributed by atoms with Gasteiger partial charge in [-0.2, -0.15) is 0 Å². The largest absolute Gasteiger partial charge is 0.340 e. The van der Waals surface area contributed by atoms with E-state index in [1.807, 2.05) is 24.3 Å². The molecule has 0 aliphatic heterocycles. The SMILES string of the molecule is Clc1nccc(Nc2ccccc2Cc2ccccc2)n1. The molecular formula is C17H14ClN3. The number of rotatable bonds is 4. The van der Waals surface area contributed by atoms with Crippen LogP contribution in [0.15, 0.2) is 66.9 Å². The van der Waals surface area contributed by atoms with Gasteiger partial charge in [-0.05, 0) is 41.3 Å². The molecule has 4 heteroatoms. The molecule has 0 saturated carbocycles. The van der Waals surface area contributed by atoms with Crippen LogP contribution in [0.3, 0.4) is 0 Å². The minimum Gasteiger partial charge on any atom is -0.340 e.